The van der Waals surface area contributed by atoms with Crippen LogP contribution in [0.1, 0.15) is 10.4 Å². The molecule has 0 saturated carbocycles. The first-order chi connectivity index (χ1) is 8.15. The highest BCUT2D eigenvalue weighted by molar-refractivity contribution is 9.10. The average Bonchev–Trinajstić information content (AvgIpc) is 2.33. The number of phenols is 1. The van der Waals surface area contributed by atoms with Crippen LogP contribution in [0.3, 0.4) is 0 Å². The zero-order chi connectivity index (χ0) is 12.3. The topological polar surface area (TPSA) is 62.2 Å². The van der Waals surface area contributed by atoms with Gasteiger partial charge in [-0.1, -0.05) is 0 Å². The number of anilines is 1. The maximum atomic E-state index is 11.8. The van der Waals surface area contributed by atoms with Gasteiger partial charge in [0.2, 0.25) is 0 Å². The smallest absolute Gasteiger partial charge is 0.256 e. The van der Waals surface area contributed by atoms with Gasteiger partial charge in [-0.15, -0.1) is 0 Å². The Morgan fingerprint density at radius 3 is 2.47 bits per heavy atom. The standard InChI is InChI=1S/C12H9BrN2O2/c13-9-3-6-11(14-7-9)15-12(17)8-1-4-10(16)5-2-8/h1-7,16H,(H,14,15,17). The van der Waals surface area contributed by atoms with E-state index in [-0.39, 0.29) is 11.7 Å². The Bertz CT molecular complexity index is 523. The SMILES string of the molecule is O=C(Nc1ccc(Br)cn1)c1ccc(O)cc1. The second-order valence-corrected chi connectivity index (χ2v) is 4.28. The Labute approximate surface area is 106 Å². The first-order valence-corrected chi connectivity index (χ1v) is 5.66. The number of hydrogen-bond acceptors (Lipinski definition) is 3. The fourth-order valence-electron chi connectivity index (χ4n) is 1.25. The van der Waals surface area contributed by atoms with Crippen LogP contribution in [0, 0.1) is 0 Å². The molecule has 17 heavy (non-hydrogen) atoms. The molecule has 2 rings (SSSR count). The van der Waals surface area contributed by atoms with Crippen LogP contribution in [0.25, 0.3) is 0 Å². The van der Waals surface area contributed by atoms with Crippen LogP contribution in [0.2, 0.25) is 0 Å². The van der Waals surface area contributed by atoms with E-state index in [1.807, 2.05) is 0 Å². The molecule has 2 aromatic rings. The van der Waals surface area contributed by atoms with E-state index < -0.39 is 0 Å². The molecule has 0 spiro atoms. The molecule has 0 radical (unpaired) electrons. The summed E-state index contributed by atoms with van der Waals surface area (Å²) in [5, 5.41) is 11.8. The van der Waals surface area contributed by atoms with Crippen LogP contribution in [0.5, 0.6) is 5.75 Å². The van der Waals surface area contributed by atoms with Crippen LogP contribution >= 0.6 is 15.9 Å². The van der Waals surface area contributed by atoms with E-state index in [1.54, 1.807) is 30.5 Å². The summed E-state index contributed by atoms with van der Waals surface area (Å²) in [5.74, 6) is 0.342. The highest BCUT2D eigenvalue weighted by Gasteiger charge is 2.06. The van der Waals surface area contributed by atoms with Gasteiger partial charge in [0.1, 0.15) is 11.6 Å². The van der Waals surface area contributed by atoms with E-state index in [4.69, 9.17) is 5.11 Å². The minimum absolute atomic E-state index is 0.128. The van der Waals surface area contributed by atoms with E-state index in [9.17, 15) is 4.79 Å². The highest BCUT2D eigenvalue weighted by atomic mass is 79.9. The molecule has 86 valence electrons. The van der Waals surface area contributed by atoms with Gasteiger partial charge in [0.15, 0.2) is 0 Å². The van der Waals surface area contributed by atoms with E-state index in [0.29, 0.717) is 11.4 Å². The number of phenolic OH excluding ortho intramolecular Hbond substituents is 1. The number of aromatic nitrogens is 1. The monoisotopic (exact) mass is 292 g/mol. The van der Waals surface area contributed by atoms with Gasteiger partial charge in [-0.3, -0.25) is 4.79 Å². The molecule has 4 nitrogen and oxygen atoms in total. The van der Waals surface area contributed by atoms with E-state index in [2.05, 4.69) is 26.2 Å². The molecule has 0 fully saturated rings. The Balaban J connectivity index is 2.11. The third-order valence-corrected chi connectivity index (χ3v) is 2.57. The number of nitrogens with one attached hydrogen (secondary N) is 1. The lowest BCUT2D eigenvalue weighted by atomic mass is 10.2. The van der Waals surface area contributed by atoms with Crippen molar-refractivity contribution in [1.82, 2.24) is 4.98 Å². The molecule has 0 saturated heterocycles. The molecule has 0 bridgehead atoms. The largest absolute Gasteiger partial charge is 0.508 e. The first kappa shape index (κ1) is 11.6. The maximum absolute atomic E-state index is 11.8. The predicted octanol–water partition coefficient (Wildman–Crippen LogP) is 2.80. The molecule has 0 aliphatic heterocycles. The summed E-state index contributed by atoms with van der Waals surface area (Å²) < 4.78 is 0.847. The lowest BCUT2D eigenvalue weighted by Crippen LogP contribution is -2.12. The number of carbonyl (C=O) groups is 1. The molecular weight excluding hydrogens is 284 g/mol. The van der Waals surface area contributed by atoms with Crippen LogP contribution in [0.15, 0.2) is 47.1 Å². The number of carbonyl (C=O) groups excluding carboxylic acids is 1. The lowest BCUT2D eigenvalue weighted by Gasteiger charge is -2.04. The summed E-state index contributed by atoms with van der Waals surface area (Å²) in [6.07, 6.45) is 1.60. The summed E-state index contributed by atoms with van der Waals surface area (Å²) in [7, 11) is 0. The Hall–Kier alpha value is -1.88. The van der Waals surface area contributed by atoms with E-state index in [1.165, 1.54) is 12.1 Å². The van der Waals surface area contributed by atoms with Crippen LogP contribution in [0.4, 0.5) is 5.82 Å². The minimum Gasteiger partial charge on any atom is -0.508 e. The Morgan fingerprint density at radius 2 is 1.88 bits per heavy atom. The van der Waals surface area contributed by atoms with E-state index >= 15 is 0 Å². The Morgan fingerprint density at radius 1 is 1.18 bits per heavy atom. The summed E-state index contributed by atoms with van der Waals surface area (Å²) in [6, 6.07) is 9.50. The van der Waals surface area contributed by atoms with Gasteiger partial charge in [0, 0.05) is 16.2 Å². The fraction of sp³-hybridized carbons (Fsp3) is 0. The molecular formula is C12H9BrN2O2. The zero-order valence-electron chi connectivity index (χ0n) is 8.72. The number of halogens is 1. The first-order valence-electron chi connectivity index (χ1n) is 4.87. The van der Waals surface area contributed by atoms with Crippen molar-refractivity contribution in [1.29, 1.82) is 0 Å². The summed E-state index contributed by atoms with van der Waals surface area (Å²) >= 11 is 3.26. The normalized spacial score (nSPS) is 9.94. The molecule has 0 aliphatic rings. The van der Waals surface area contributed by atoms with E-state index in [0.717, 1.165) is 4.47 Å². The fourth-order valence-corrected chi connectivity index (χ4v) is 1.49. The second-order valence-electron chi connectivity index (χ2n) is 3.36. The number of hydrogen-bond donors (Lipinski definition) is 2. The summed E-state index contributed by atoms with van der Waals surface area (Å²) in [5.41, 5.74) is 0.465. The molecule has 1 amide bonds. The zero-order valence-corrected chi connectivity index (χ0v) is 10.3. The molecule has 5 heteroatoms. The van der Waals surface area contributed by atoms with Gasteiger partial charge in [-0.25, -0.2) is 4.98 Å². The molecule has 2 N–H and O–H groups in total. The number of pyridine rings is 1. The van der Waals surface area contributed by atoms with Gasteiger partial charge < -0.3 is 10.4 Å². The van der Waals surface area contributed by atoms with Crippen molar-refractivity contribution < 1.29 is 9.90 Å². The molecule has 0 atom stereocenters. The minimum atomic E-state index is -0.264. The predicted molar refractivity (Wildman–Crippen MR) is 68.0 cm³/mol. The van der Waals surface area contributed by atoms with Gasteiger partial charge in [0.25, 0.3) is 5.91 Å². The highest BCUT2D eigenvalue weighted by Crippen LogP contribution is 2.13. The molecule has 0 unspecified atom stereocenters. The number of aromatic hydroxyl groups is 1. The number of benzene rings is 1. The third-order valence-electron chi connectivity index (χ3n) is 2.10. The molecule has 1 heterocycles. The van der Waals surface area contributed by atoms with Gasteiger partial charge in [-0.2, -0.15) is 0 Å². The van der Waals surface area contributed by atoms with Gasteiger partial charge in [0.05, 0.1) is 0 Å². The number of nitrogens with zero attached hydrogens (tertiary/aromatic N) is 1. The van der Waals surface area contributed by atoms with Crippen molar-refractivity contribution in [2.45, 2.75) is 0 Å². The van der Waals surface area contributed by atoms with Gasteiger partial charge >= 0.3 is 0 Å². The molecule has 0 aliphatic carbocycles. The van der Waals surface area contributed by atoms with Gasteiger partial charge in [-0.05, 0) is 52.3 Å². The quantitative estimate of drug-likeness (QED) is 0.895. The van der Waals surface area contributed by atoms with Crippen LogP contribution in [-0.2, 0) is 0 Å². The molecule has 1 aromatic carbocycles. The van der Waals surface area contributed by atoms with Crippen molar-refractivity contribution in [3.63, 3.8) is 0 Å². The second kappa shape index (κ2) is 4.97. The average molecular weight is 293 g/mol. The van der Waals surface area contributed by atoms with Crippen molar-refractivity contribution in [3.05, 3.63) is 52.6 Å². The van der Waals surface area contributed by atoms with Crippen molar-refractivity contribution in [2.24, 2.45) is 0 Å². The summed E-state index contributed by atoms with van der Waals surface area (Å²) in [6.45, 7) is 0. The molecule has 1 aromatic heterocycles. The van der Waals surface area contributed by atoms with Crippen LogP contribution in [-0.4, -0.2) is 16.0 Å². The van der Waals surface area contributed by atoms with Crippen LogP contribution < -0.4 is 5.32 Å². The number of rotatable bonds is 2. The Kier molecular flexibility index (Phi) is 3.39. The third kappa shape index (κ3) is 3.04. The maximum Gasteiger partial charge on any atom is 0.256 e. The van der Waals surface area contributed by atoms with Crippen molar-refractivity contribution in [2.75, 3.05) is 5.32 Å². The van der Waals surface area contributed by atoms with Crippen molar-refractivity contribution >= 4 is 27.7 Å². The van der Waals surface area contributed by atoms with Crippen molar-refractivity contribution in [3.8, 4) is 5.75 Å². The summed E-state index contributed by atoms with van der Waals surface area (Å²) in [4.78, 5) is 15.8. The number of amides is 1. The lowest BCUT2D eigenvalue weighted by molar-refractivity contribution is 0.102.